The Kier molecular flexibility index (Phi) is 3.05. The smallest absolute Gasteiger partial charge is 0.165 e. The molecule has 6 N–H and O–H groups in total. The van der Waals surface area contributed by atoms with E-state index in [1.54, 1.807) is 0 Å². The summed E-state index contributed by atoms with van der Waals surface area (Å²) in [5, 5.41) is 39.3. The molecule has 5 atom stereocenters. The largest absolute Gasteiger partial charge is 0.396 e. The molecule has 1 aliphatic carbocycles. The third-order valence-electron chi connectivity index (χ3n) is 3.85. The number of nitrogens with zero attached hydrogens (tertiary/aromatic N) is 4. The normalized spacial score (nSPS) is 33.9. The van der Waals surface area contributed by atoms with E-state index in [9.17, 15) is 20.4 Å². The van der Waals surface area contributed by atoms with Crippen LogP contribution in [0.2, 0.25) is 0 Å². The van der Waals surface area contributed by atoms with Crippen LogP contribution in [0.1, 0.15) is 6.04 Å². The quantitative estimate of drug-likeness (QED) is 0.410. The minimum Gasteiger partial charge on any atom is -0.396 e. The number of nitrogen functional groups attached to an aromatic ring is 1. The lowest BCUT2D eigenvalue weighted by Gasteiger charge is -2.21. The Morgan fingerprint density at radius 3 is 2.50 bits per heavy atom. The average Bonchev–Trinajstić information content (AvgIpc) is 2.92. The van der Waals surface area contributed by atoms with E-state index in [2.05, 4.69) is 15.0 Å². The number of nitrogens with two attached hydrogens (primary N) is 1. The van der Waals surface area contributed by atoms with Crippen LogP contribution in [-0.4, -0.2) is 64.9 Å². The van der Waals surface area contributed by atoms with E-state index in [1.165, 1.54) is 17.2 Å². The number of anilines is 1. The molecular formula is C11H15N5O4. The lowest BCUT2D eigenvalue weighted by molar-refractivity contribution is -0.00782. The highest BCUT2D eigenvalue weighted by Gasteiger charge is 2.49. The van der Waals surface area contributed by atoms with Crippen LogP contribution < -0.4 is 5.73 Å². The highest BCUT2D eigenvalue weighted by molar-refractivity contribution is 5.81. The van der Waals surface area contributed by atoms with Gasteiger partial charge in [0.25, 0.3) is 0 Å². The van der Waals surface area contributed by atoms with Crippen molar-refractivity contribution in [1.82, 2.24) is 19.5 Å². The van der Waals surface area contributed by atoms with Crippen LogP contribution in [-0.2, 0) is 0 Å². The maximum Gasteiger partial charge on any atom is 0.165 e. The third kappa shape index (κ3) is 1.68. The van der Waals surface area contributed by atoms with Crippen molar-refractivity contribution in [2.45, 2.75) is 24.4 Å². The van der Waals surface area contributed by atoms with Crippen LogP contribution in [0.3, 0.4) is 0 Å². The van der Waals surface area contributed by atoms with Gasteiger partial charge in [0.05, 0.1) is 31.2 Å². The highest BCUT2D eigenvalue weighted by Crippen LogP contribution is 2.37. The van der Waals surface area contributed by atoms with Crippen molar-refractivity contribution < 1.29 is 20.4 Å². The Labute approximate surface area is 113 Å². The van der Waals surface area contributed by atoms with Gasteiger partial charge in [-0.1, -0.05) is 0 Å². The molecular weight excluding hydrogens is 266 g/mol. The lowest BCUT2D eigenvalue weighted by atomic mass is 10.0. The second-order valence-corrected chi connectivity index (χ2v) is 4.89. The first-order valence-electron chi connectivity index (χ1n) is 6.14. The second kappa shape index (κ2) is 4.63. The molecule has 0 bridgehead atoms. The first kappa shape index (κ1) is 13.2. The zero-order valence-corrected chi connectivity index (χ0v) is 10.4. The molecule has 20 heavy (non-hydrogen) atoms. The number of aliphatic hydroxyl groups is 4. The van der Waals surface area contributed by atoms with E-state index in [1.807, 2.05) is 0 Å². The number of fused-ring (bicyclic) bond motifs is 1. The van der Waals surface area contributed by atoms with E-state index >= 15 is 0 Å². The van der Waals surface area contributed by atoms with Crippen LogP contribution >= 0.6 is 0 Å². The Morgan fingerprint density at radius 2 is 1.85 bits per heavy atom. The van der Waals surface area contributed by atoms with Gasteiger partial charge in [-0.05, 0) is 0 Å². The summed E-state index contributed by atoms with van der Waals surface area (Å²) in [4.78, 5) is 11.9. The Bertz CT molecular complexity index is 632. The molecule has 0 saturated heterocycles. The molecule has 0 amide bonds. The van der Waals surface area contributed by atoms with Crippen molar-refractivity contribution in [2.75, 3.05) is 12.3 Å². The van der Waals surface area contributed by atoms with Gasteiger partial charge in [0.1, 0.15) is 17.9 Å². The topological polar surface area (TPSA) is 151 Å². The first-order chi connectivity index (χ1) is 9.56. The highest BCUT2D eigenvalue weighted by atomic mass is 16.3. The summed E-state index contributed by atoms with van der Waals surface area (Å²) in [6, 6.07) is -0.860. The summed E-state index contributed by atoms with van der Waals surface area (Å²) < 4.78 is 1.45. The van der Waals surface area contributed by atoms with Crippen LogP contribution in [0, 0.1) is 5.92 Å². The molecule has 9 nitrogen and oxygen atoms in total. The monoisotopic (exact) mass is 281 g/mol. The van der Waals surface area contributed by atoms with Crippen molar-refractivity contribution in [3.8, 4) is 0 Å². The predicted molar refractivity (Wildman–Crippen MR) is 67.4 cm³/mol. The maximum absolute atomic E-state index is 10.2. The third-order valence-corrected chi connectivity index (χ3v) is 3.85. The van der Waals surface area contributed by atoms with E-state index in [0.29, 0.717) is 11.2 Å². The maximum atomic E-state index is 10.2. The fourth-order valence-electron chi connectivity index (χ4n) is 2.75. The van der Waals surface area contributed by atoms with Gasteiger partial charge in [0.15, 0.2) is 11.5 Å². The van der Waals surface area contributed by atoms with Crippen molar-refractivity contribution in [1.29, 1.82) is 0 Å². The summed E-state index contributed by atoms with van der Waals surface area (Å²) in [5.41, 5.74) is 6.39. The standard InChI is InChI=1S/C11H15N5O4/c12-10-5-11(14-2-13-10)16(3-15-5)6-7(18)4(1-17)8(19)9(6)20/h2-4,6-9,17-20H,1H2,(H2,12,13,14)/t4-,6+,7+,8-,9+/m0/s1. The number of hydrogen-bond acceptors (Lipinski definition) is 8. The predicted octanol–water partition coefficient (Wildman–Crippen LogP) is -2.35. The first-order valence-corrected chi connectivity index (χ1v) is 6.14. The van der Waals surface area contributed by atoms with E-state index in [0.717, 1.165) is 0 Å². The van der Waals surface area contributed by atoms with E-state index in [4.69, 9.17) is 5.73 Å². The van der Waals surface area contributed by atoms with Crippen molar-refractivity contribution in [3.05, 3.63) is 12.7 Å². The molecule has 0 aromatic carbocycles. The van der Waals surface area contributed by atoms with Crippen molar-refractivity contribution >= 4 is 17.0 Å². The Hall–Kier alpha value is -1.81. The van der Waals surface area contributed by atoms with E-state index < -0.39 is 36.9 Å². The number of aliphatic hydroxyl groups excluding tert-OH is 4. The molecule has 1 saturated carbocycles. The Balaban J connectivity index is 2.09. The molecule has 0 radical (unpaired) electrons. The zero-order chi connectivity index (χ0) is 14.4. The molecule has 0 spiro atoms. The molecule has 3 rings (SSSR count). The van der Waals surface area contributed by atoms with Gasteiger partial charge < -0.3 is 30.7 Å². The molecule has 2 aromatic heterocycles. The molecule has 108 valence electrons. The van der Waals surface area contributed by atoms with Gasteiger partial charge in [-0.25, -0.2) is 15.0 Å². The average molecular weight is 281 g/mol. The van der Waals surface area contributed by atoms with Crippen molar-refractivity contribution in [2.24, 2.45) is 5.92 Å². The summed E-state index contributed by atoms with van der Waals surface area (Å²) in [6.45, 7) is -0.431. The molecule has 1 aliphatic rings. The lowest BCUT2D eigenvalue weighted by Crippen LogP contribution is -2.30. The zero-order valence-electron chi connectivity index (χ0n) is 10.4. The molecule has 9 heteroatoms. The second-order valence-electron chi connectivity index (χ2n) is 4.89. The van der Waals surface area contributed by atoms with Gasteiger partial charge in [-0.15, -0.1) is 0 Å². The van der Waals surface area contributed by atoms with Crippen LogP contribution in [0.25, 0.3) is 11.2 Å². The fraction of sp³-hybridized carbons (Fsp3) is 0.545. The van der Waals surface area contributed by atoms with Crippen LogP contribution in [0.4, 0.5) is 5.82 Å². The van der Waals surface area contributed by atoms with Gasteiger partial charge in [-0.3, -0.25) is 0 Å². The Morgan fingerprint density at radius 1 is 1.10 bits per heavy atom. The SMILES string of the molecule is Nc1ncnc2c1ncn2[C@@H]1[C@H](O)[C@H](CO)[C@H](O)[C@@H]1O. The van der Waals surface area contributed by atoms with Crippen LogP contribution in [0.15, 0.2) is 12.7 Å². The van der Waals surface area contributed by atoms with Gasteiger partial charge in [-0.2, -0.15) is 0 Å². The van der Waals surface area contributed by atoms with Gasteiger partial charge in [0, 0.05) is 5.92 Å². The minimum atomic E-state index is -1.24. The summed E-state index contributed by atoms with van der Waals surface area (Å²) in [6.07, 6.45) is -0.964. The van der Waals surface area contributed by atoms with E-state index in [-0.39, 0.29) is 5.82 Å². The number of aromatic nitrogens is 4. The van der Waals surface area contributed by atoms with Crippen molar-refractivity contribution in [3.63, 3.8) is 0 Å². The van der Waals surface area contributed by atoms with Crippen LogP contribution in [0.5, 0.6) is 0 Å². The molecule has 2 heterocycles. The van der Waals surface area contributed by atoms with Gasteiger partial charge >= 0.3 is 0 Å². The van der Waals surface area contributed by atoms with Gasteiger partial charge in [0.2, 0.25) is 0 Å². The fourth-order valence-corrected chi connectivity index (χ4v) is 2.75. The summed E-state index contributed by atoms with van der Waals surface area (Å²) in [5.74, 6) is -0.637. The molecule has 0 unspecified atom stereocenters. The molecule has 1 fully saturated rings. The molecule has 2 aromatic rings. The number of hydrogen-bond donors (Lipinski definition) is 5. The number of rotatable bonds is 2. The summed E-state index contributed by atoms with van der Waals surface area (Å²) >= 11 is 0. The summed E-state index contributed by atoms with van der Waals surface area (Å²) in [7, 11) is 0. The molecule has 0 aliphatic heterocycles. The minimum absolute atomic E-state index is 0.190. The number of imidazole rings is 1.